The largest absolute Gasteiger partial charge is 0.355 e. The molecule has 0 radical (unpaired) electrons. The average Bonchev–Trinajstić information content (AvgIpc) is 3.43. The van der Waals surface area contributed by atoms with Gasteiger partial charge in [0.1, 0.15) is 0 Å². The fourth-order valence-electron chi connectivity index (χ4n) is 5.16. The number of thiophene rings is 1. The summed E-state index contributed by atoms with van der Waals surface area (Å²) in [6.45, 7) is 7.58. The zero-order valence-electron chi connectivity index (χ0n) is 17.7. The van der Waals surface area contributed by atoms with Gasteiger partial charge in [-0.1, -0.05) is 0 Å². The summed E-state index contributed by atoms with van der Waals surface area (Å²) in [5.74, 6) is 2.00. The third-order valence-corrected chi connectivity index (χ3v) is 7.97. The van der Waals surface area contributed by atoms with Crippen LogP contribution in [-0.4, -0.2) is 53.5 Å². The molecule has 1 N–H and O–H groups in total. The third-order valence-electron chi connectivity index (χ3n) is 6.98. The number of aromatic nitrogens is 2. The van der Waals surface area contributed by atoms with Crippen molar-refractivity contribution >= 4 is 23.2 Å². The Labute approximate surface area is 182 Å². The maximum Gasteiger partial charge on any atom is 0.228 e. The Morgan fingerprint density at radius 1 is 1.27 bits per heavy atom. The van der Waals surface area contributed by atoms with Crippen LogP contribution >= 0.6 is 11.3 Å². The van der Waals surface area contributed by atoms with E-state index in [1.165, 1.54) is 22.6 Å². The zero-order chi connectivity index (χ0) is 20.6. The van der Waals surface area contributed by atoms with Gasteiger partial charge in [0.25, 0.3) is 0 Å². The SMILES string of the molecule is Cc1ccc(CN2CCC[C@]3(C(=O)NCC4CC4)CN(c4ncccn4)C[C@@H]3C2)s1. The van der Waals surface area contributed by atoms with E-state index in [0.717, 1.165) is 58.1 Å². The second-order valence-electron chi connectivity index (χ2n) is 9.29. The Hall–Kier alpha value is -1.99. The van der Waals surface area contributed by atoms with Crippen molar-refractivity contribution in [2.24, 2.45) is 17.3 Å². The van der Waals surface area contributed by atoms with Gasteiger partial charge in [-0.05, 0) is 63.3 Å². The number of rotatable bonds is 6. The second-order valence-corrected chi connectivity index (χ2v) is 10.7. The number of aryl methyl sites for hydroxylation is 1. The Balaban J connectivity index is 1.37. The topological polar surface area (TPSA) is 61.4 Å². The van der Waals surface area contributed by atoms with Crippen LogP contribution in [0.2, 0.25) is 0 Å². The normalized spacial score (nSPS) is 27.0. The summed E-state index contributed by atoms with van der Waals surface area (Å²) in [6, 6.07) is 6.30. The molecule has 2 aromatic rings. The molecule has 3 aliphatic rings. The van der Waals surface area contributed by atoms with E-state index in [1.54, 1.807) is 12.4 Å². The van der Waals surface area contributed by atoms with Crippen molar-refractivity contribution in [1.82, 2.24) is 20.2 Å². The summed E-state index contributed by atoms with van der Waals surface area (Å²) in [5.41, 5.74) is -0.339. The first-order valence-corrected chi connectivity index (χ1v) is 12.0. The number of nitrogens with one attached hydrogen (secondary N) is 1. The number of fused-ring (bicyclic) bond motifs is 1. The predicted molar refractivity (Wildman–Crippen MR) is 119 cm³/mol. The minimum atomic E-state index is -0.339. The van der Waals surface area contributed by atoms with E-state index in [2.05, 4.69) is 44.1 Å². The highest BCUT2D eigenvalue weighted by Gasteiger charge is 2.53. The maximum atomic E-state index is 13.5. The molecule has 2 saturated heterocycles. The molecule has 30 heavy (non-hydrogen) atoms. The quantitative estimate of drug-likeness (QED) is 0.771. The molecule has 0 spiro atoms. The lowest BCUT2D eigenvalue weighted by Crippen LogP contribution is -2.48. The Kier molecular flexibility index (Phi) is 5.50. The van der Waals surface area contributed by atoms with Gasteiger partial charge in [-0.2, -0.15) is 0 Å². The zero-order valence-corrected chi connectivity index (χ0v) is 18.5. The maximum absolute atomic E-state index is 13.5. The number of hydrogen-bond donors (Lipinski definition) is 1. The predicted octanol–water partition coefficient (Wildman–Crippen LogP) is 3.09. The number of carbonyl (C=O) groups excluding carboxylic acids is 1. The van der Waals surface area contributed by atoms with Crippen molar-refractivity contribution in [2.45, 2.75) is 39.2 Å². The molecule has 160 valence electrons. The Bertz CT molecular complexity index is 883. The van der Waals surface area contributed by atoms with E-state index in [4.69, 9.17) is 0 Å². The summed E-state index contributed by atoms with van der Waals surface area (Å²) in [7, 11) is 0. The van der Waals surface area contributed by atoms with Crippen molar-refractivity contribution in [3.63, 3.8) is 0 Å². The Morgan fingerprint density at radius 3 is 2.83 bits per heavy atom. The van der Waals surface area contributed by atoms with E-state index in [9.17, 15) is 4.79 Å². The average molecular weight is 426 g/mol. The highest BCUT2D eigenvalue weighted by molar-refractivity contribution is 7.11. The van der Waals surface area contributed by atoms with E-state index in [0.29, 0.717) is 11.8 Å². The number of carbonyl (C=O) groups is 1. The first-order chi connectivity index (χ1) is 14.6. The summed E-state index contributed by atoms with van der Waals surface area (Å²) in [4.78, 5) is 30.1. The Morgan fingerprint density at radius 2 is 2.10 bits per heavy atom. The number of hydrogen-bond acceptors (Lipinski definition) is 6. The van der Waals surface area contributed by atoms with Gasteiger partial charge in [0, 0.05) is 60.8 Å². The highest BCUT2D eigenvalue weighted by atomic mass is 32.1. The molecule has 1 saturated carbocycles. The first-order valence-electron chi connectivity index (χ1n) is 11.2. The van der Waals surface area contributed by atoms with Crippen LogP contribution in [0.1, 0.15) is 35.4 Å². The molecular formula is C23H31N5OS. The molecule has 1 aliphatic carbocycles. The van der Waals surface area contributed by atoms with E-state index < -0.39 is 0 Å². The highest BCUT2D eigenvalue weighted by Crippen LogP contribution is 2.44. The molecule has 2 atom stereocenters. The lowest BCUT2D eigenvalue weighted by Gasteiger charge is -2.32. The molecule has 2 aromatic heterocycles. The van der Waals surface area contributed by atoms with Crippen LogP contribution in [0.5, 0.6) is 0 Å². The fraction of sp³-hybridized carbons (Fsp3) is 0.609. The first kappa shape index (κ1) is 19.9. The van der Waals surface area contributed by atoms with Gasteiger partial charge in [0.15, 0.2) is 0 Å². The van der Waals surface area contributed by atoms with Gasteiger partial charge >= 0.3 is 0 Å². The fourth-order valence-corrected chi connectivity index (χ4v) is 6.09. The molecule has 2 aliphatic heterocycles. The molecule has 6 nitrogen and oxygen atoms in total. The van der Waals surface area contributed by atoms with Crippen LogP contribution in [0.3, 0.4) is 0 Å². The molecule has 4 heterocycles. The minimum Gasteiger partial charge on any atom is -0.355 e. The van der Waals surface area contributed by atoms with E-state index in [-0.39, 0.29) is 11.3 Å². The molecule has 7 heteroatoms. The monoisotopic (exact) mass is 425 g/mol. The van der Waals surface area contributed by atoms with Gasteiger partial charge < -0.3 is 10.2 Å². The molecular weight excluding hydrogens is 394 g/mol. The molecule has 0 unspecified atom stereocenters. The lowest BCUT2D eigenvalue weighted by atomic mass is 9.74. The summed E-state index contributed by atoms with van der Waals surface area (Å²) in [5, 5.41) is 3.32. The molecule has 1 amide bonds. The minimum absolute atomic E-state index is 0.256. The second kappa shape index (κ2) is 8.27. The molecule has 0 bridgehead atoms. The number of likely N-dealkylation sites (tertiary alicyclic amines) is 1. The van der Waals surface area contributed by atoms with Gasteiger partial charge in [0.05, 0.1) is 5.41 Å². The summed E-state index contributed by atoms with van der Waals surface area (Å²) < 4.78 is 0. The van der Waals surface area contributed by atoms with Crippen LogP contribution in [0.15, 0.2) is 30.6 Å². The van der Waals surface area contributed by atoms with Crippen LogP contribution in [0.4, 0.5) is 5.95 Å². The van der Waals surface area contributed by atoms with Gasteiger partial charge in [-0.15, -0.1) is 11.3 Å². The standard InChI is InChI=1S/C23H31N5OS/c1-17-4-7-20(30-17)15-27-11-2-8-23(21(29)26-12-18-5-6-18)16-28(14-19(23)13-27)22-24-9-3-10-25-22/h3-4,7,9-10,18-19H,2,5-6,8,11-16H2,1H3,(H,26,29)/t19-,23-/m0/s1. The van der Waals surface area contributed by atoms with Crippen LogP contribution < -0.4 is 10.2 Å². The van der Waals surface area contributed by atoms with Gasteiger partial charge in [-0.3, -0.25) is 9.69 Å². The van der Waals surface area contributed by atoms with Crippen molar-refractivity contribution in [3.05, 3.63) is 40.3 Å². The van der Waals surface area contributed by atoms with Gasteiger partial charge in [-0.25, -0.2) is 9.97 Å². The van der Waals surface area contributed by atoms with Crippen molar-refractivity contribution in [3.8, 4) is 0 Å². The van der Waals surface area contributed by atoms with E-state index in [1.807, 2.05) is 17.4 Å². The van der Waals surface area contributed by atoms with E-state index >= 15 is 0 Å². The third kappa shape index (κ3) is 4.10. The van der Waals surface area contributed by atoms with Crippen LogP contribution in [-0.2, 0) is 11.3 Å². The lowest BCUT2D eigenvalue weighted by molar-refractivity contribution is -0.132. The van der Waals surface area contributed by atoms with Crippen LogP contribution in [0, 0.1) is 24.2 Å². The van der Waals surface area contributed by atoms with Crippen LogP contribution in [0.25, 0.3) is 0 Å². The molecule has 3 fully saturated rings. The van der Waals surface area contributed by atoms with Crippen molar-refractivity contribution in [2.75, 3.05) is 37.6 Å². The summed E-state index contributed by atoms with van der Waals surface area (Å²) >= 11 is 1.88. The van der Waals surface area contributed by atoms with Crippen molar-refractivity contribution in [1.29, 1.82) is 0 Å². The number of amides is 1. The number of nitrogens with zero attached hydrogens (tertiary/aromatic N) is 4. The smallest absolute Gasteiger partial charge is 0.228 e. The molecule has 0 aromatic carbocycles. The van der Waals surface area contributed by atoms with Gasteiger partial charge in [0.2, 0.25) is 11.9 Å². The van der Waals surface area contributed by atoms with Crippen molar-refractivity contribution < 1.29 is 4.79 Å². The molecule has 5 rings (SSSR count). The number of anilines is 1. The summed E-state index contributed by atoms with van der Waals surface area (Å²) in [6.07, 6.45) is 8.10.